The first kappa shape index (κ1) is 10.7. The summed E-state index contributed by atoms with van der Waals surface area (Å²) < 4.78 is 0. The highest BCUT2D eigenvalue weighted by atomic mass is 16.2. The minimum Gasteiger partial charge on any atom is -0.322 e. The van der Waals surface area contributed by atoms with Gasteiger partial charge in [0.2, 0.25) is 5.91 Å². The molecule has 2 aliphatic heterocycles. The van der Waals surface area contributed by atoms with Gasteiger partial charge in [-0.1, -0.05) is 12.5 Å². The van der Waals surface area contributed by atoms with Crippen molar-refractivity contribution in [3.05, 3.63) is 12.3 Å². The second kappa shape index (κ2) is 4.79. The van der Waals surface area contributed by atoms with Gasteiger partial charge in [-0.15, -0.1) is 0 Å². The van der Waals surface area contributed by atoms with Crippen LogP contribution in [0.3, 0.4) is 0 Å². The van der Waals surface area contributed by atoms with E-state index < -0.39 is 0 Å². The van der Waals surface area contributed by atoms with E-state index >= 15 is 0 Å². The molecule has 0 aromatic rings. The Kier molecular flexibility index (Phi) is 3.41. The predicted octanol–water partition coefficient (Wildman–Crippen LogP) is 1.46. The maximum Gasteiger partial charge on any atom is 0.226 e. The third-order valence-electron chi connectivity index (χ3n) is 3.35. The molecular formula is C12H20N2O. The molecule has 0 bridgehead atoms. The number of amides is 1. The highest BCUT2D eigenvalue weighted by molar-refractivity contribution is 5.78. The third-order valence-corrected chi connectivity index (χ3v) is 3.35. The van der Waals surface area contributed by atoms with Crippen LogP contribution < -0.4 is 0 Å². The minimum absolute atomic E-state index is 0.250. The maximum atomic E-state index is 11.5. The van der Waals surface area contributed by atoms with Crippen molar-refractivity contribution in [2.75, 3.05) is 26.7 Å². The summed E-state index contributed by atoms with van der Waals surface area (Å²) in [5.74, 6) is 0.686. The van der Waals surface area contributed by atoms with Crippen molar-refractivity contribution >= 4 is 5.91 Å². The summed E-state index contributed by atoms with van der Waals surface area (Å²) in [5.41, 5.74) is 0. The summed E-state index contributed by atoms with van der Waals surface area (Å²) in [6, 6.07) is 0. The largest absolute Gasteiger partial charge is 0.322 e. The van der Waals surface area contributed by atoms with E-state index in [0.29, 0.717) is 12.3 Å². The summed E-state index contributed by atoms with van der Waals surface area (Å²) in [6.07, 6.45) is 8.80. The molecule has 2 rings (SSSR count). The van der Waals surface area contributed by atoms with E-state index in [4.69, 9.17) is 0 Å². The van der Waals surface area contributed by atoms with Crippen molar-refractivity contribution in [2.45, 2.75) is 25.7 Å². The number of hydrogen-bond donors (Lipinski definition) is 0. The van der Waals surface area contributed by atoms with Gasteiger partial charge in [0.05, 0.1) is 0 Å². The van der Waals surface area contributed by atoms with Crippen LogP contribution in [-0.2, 0) is 4.79 Å². The lowest BCUT2D eigenvalue weighted by atomic mass is 10.00. The minimum atomic E-state index is 0.250. The van der Waals surface area contributed by atoms with Crippen molar-refractivity contribution in [1.29, 1.82) is 0 Å². The van der Waals surface area contributed by atoms with Crippen molar-refractivity contribution in [3.8, 4) is 0 Å². The Labute approximate surface area is 91.7 Å². The molecule has 0 aromatic carbocycles. The van der Waals surface area contributed by atoms with Gasteiger partial charge in [0.25, 0.3) is 0 Å². The van der Waals surface area contributed by atoms with Gasteiger partial charge >= 0.3 is 0 Å². The fraction of sp³-hybridized carbons (Fsp3) is 0.750. The molecular weight excluding hydrogens is 188 g/mol. The second-order valence-corrected chi connectivity index (χ2v) is 4.67. The van der Waals surface area contributed by atoms with Crippen molar-refractivity contribution in [3.63, 3.8) is 0 Å². The molecule has 0 radical (unpaired) electrons. The molecule has 1 saturated heterocycles. The summed E-state index contributed by atoms with van der Waals surface area (Å²) in [5, 5.41) is 0. The molecule has 84 valence electrons. The van der Waals surface area contributed by atoms with Crippen LogP contribution in [0.15, 0.2) is 12.3 Å². The smallest absolute Gasteiger partial charge is 0.226 e. The molecule has 0 aliphatic carbocycles. The Bertz CT molecular complexity index is 256. The van der Waals surface area contributed by atoms with Gasteiger partial charge in [-0.2, -0.15) is 0 Å². The van der Waals surface area contributed by atoms with E-state index in [1.165, 1.54) is 32.4 Å². The Morgan fingerprint density at radius 3 is 2.73 bits per heavy atom. The standard InChI is InChI=1S/C12H20N2O/c1-13-8-5-11(9-12(13)15)10-14-6-3-2-4-7-14/h5,8,11H,2-4,6-7,9-10H2,1H3. The number of nitrogens with zero attached hydrogens (tertiary/aromatic N) is 2. The zero-order valence-corrected chi connectivity index (χ0v) is 9.48. The molecule has 0 spiro atoms. The second-order valence-electron chi connectivity index (χ2n) is 4.67. The quantitative estimate of drug-likeness (QED) is 0.686. The molecule has 1 fully saturated rings. The van der Waals surface area contributed by atoms with Crippen LogP contribution in [-0.4, -0.2) is 42.4 Å². The van der Waals surface area contributed by atoms with Crippen LogP contribution in [0.4, 0.5) is 0 Å². The monoisotopic (exact) mass is 208 g/mol. The highest BCUT2D eigenvalue weighted by Gasteiger charge is 2.21. The van der Waals surface area contributed by atoms with E-state index in [0.717, 1.165) is 6.54 Å². The van der Waals surface area contributed by atoms with E-state index in [9.17, 15) is 4.79 Å². The van der Waals surface area contributed by atoms with Crippen molar-refractivity contribution in [1.82, 2.24) is 9.80 Å². The van der Waals surface area contributed by atoms with Crippen LogP contribution in [0.25, 0.3) is 0 Å². The Morgan fingerprint density at radius 2 is 2.07 bits per heavy atom. The molecule has 3 nitrogen and oxygen atoms in total. The van der Waals surface area contributed by atoms with Crippen LogP contribution >= 0.6 is 0 Å². The maximum absolute atomic E-state index is 11.5. The zero-order chi connectivity index (χ0) is 10.7. The molecule has 2 heterocycles. The van der Waals surface area contributed by atoms with Crippen LogP contribution in [0, 0.1) is 5.92 Å². The van der Waals surface area contributed by atoms with Crippen LogP contribution in [0.2, 0.25) is 0 Å². The first-order valence-corrected chi connectivity index (χ1v) is 5.92. The lowest BCUT2D eigenvalue weighted by Crippen LogP contribution is -2.37. The van der Waals surface area contributed by atoms with Crippen LogP contribution in [0.1, 0.15) is 25.7 Å². The van der Waals surface area contributed by atoms with Crippen LogP contribution in [0.5, 0.6) is 0 Å². The third kappa shape index (κ3) is 2.81. The molecule has 1 amide bonds. The lowest BCUT2D eigenvalue weighted by Gasteiger charge is -2.31. The molecule has 3 heteroatoms. The average Bonchev–Trinajstić information content (AvgIpc) is 2.25. The molecule has 15 heavy (non-hydrogen) atoms. The number of carbonyl (C=O) groups excluding carboxylic acids is 1. The Hall–Kier alpha value is -0.830. The zero-order valence-electron chi connectivity index (χ0n) is 9.48. The van der Waals surface area contributed by atoms with Gasteiger partial charge in [-0.25, -0.2) is 0 Å². The topological polar surface area (TPSA) is 23.6 Å². The highest BCUT2D eigenvalue weighted by Crippen LogP contribution is 2.18. The first-order valence-electron chi connectivity index (χ1n) is 5.92. The molecule has 1 unspecified atom stereocenters. The number of carbonyl (C=O) groups is 1. The fourth-order valence-corrected chi connectivity index (χ4v) is 2.37. The van der Waals surface area contributed by atoms with Crippen molar-refractivity contribution < 1.29 is 4.79 Å². The number of hydrogen-bond acceptors (Lipinski definition) is 2. The predicted molar refractivity (Wildman–Crippen MR) is 60.3 cm³/mol. The normalized spacial score (nSPS) is 28.5. The van der Waals surface area contributed by atoms with Gasteiger partial charge in [0.1, 0.15) is 0 Å². The number of piperidine rings is 1. The SMILES string of the molecule is CN1C=CC(CN2CCCCC2)CC1=O. The molecule has 2 aliphatic rings. The Balaban J connectivity index is 1.84. The molecule has 0 saturated carbocycles. The average molecular weight is 208 g/mol. The van der Waals surface area contributed by atoms with Gasteiger partial charge in [0.15, 0.2) is 0 Å². The van der Waals surface area contributed by atoms with E-state index in [-0.39, 0.29) is 5.91 Å². The first-order chi connectivity index (χ1) is 7.25. The van der Waals surface area contributed by atoms with E-state index in [1.807, 2.05) is 13.2 Å². The van der Waals surface area contributed by atoms with Gasteiger partial charge < -0.3 is 9.80 Å². The summed E-state index contributed by atoms with van der Waals surface area (Å²) in [4.78, 5) is 15.7. The van der Waals surface area contributed by atoms with Crippen molar-refractivity contribution in [2.24, 2.45) is 5.92 Å². The molecule has 0 aromatic heterocycles. The lowest BCUT2D eigenvalue weighted by molar-refractivity contribution is -0.129. The van der Waals surface area contributed by atoms with E-state index in [2.05, 4.69) is 11.0 Å². The molecule has 0 N–H and O–H groups in total. The summed E-state index contributed by atoms with van der Waals surface area (Å²) in [6.45, 7) is 3.50. The fourth-order valence-electron chi connectivity index (χ4n) is 2.37. The molecule has 1 atom stereocenters. The number of likely N-dealkylation sites (tertiary alicyclic amines) is 1. The Morgan fingerprint density at radius 1 is 1.33 bits per heavy atom. The summed E-state index contributed by atoms with van der Waals surface area (Å²) >= 11 is 0. The van der Waals surface area contributed by atoms with Gasteiger partial charge in [-0.05, 0) is 31.8 Å². The number of rotatable bonds is 2. The summed E-state index contributed by atoms with van der Waals surface area (Å²) in [7, 11) is 1.83. The van der Waals surface area contributed by atoms with E-state index in [1.54, 1.807) is 4.90 Å². The van der Waals surface area contributed by atoms with Gasteiger partial charge in [0, 0.05) is 26.2 Å². The van der Waals surface area contributed by atoms with Gasteiger partial charge in [-0.3, -0.25) is 4.79 Å².